The summed E-state index contributed by atoms with van der Waals surface area (Å²) in [5.74, 6) is 0. The summed E-state index contributed by atoms with van der Waals surface area (Å²) in [6, 6.07) is 9.62. The first kappa shape index (κ1) is 13.7. The fraction of sp³-hybridized carbons (Fsp3) is 0.357. The summed E-state index contributed by atoms with van der Waals surface area (Å²) in [7, 11) is 0. The van der Waals surface area contributed by atoms with Crippen molar-refractivity contribution in [3.63, 3.8) is 0 Å². The second-order valence-corrected chi connectivity index (χ2v) is 5.21. The van der Waals surface area contributed by atoms with Crippen LogP contribution in [-0.2, 0) is 6.42 Å². The molecule has 1 N–H and O–H groups in total. The molecule has 1 aromatic heterocycles. The summed E-state index contributed by atoms with van der Waals surface area (Å²) in [5.41, 5.74) is 1.62. The van der Waals surface area contributed by atoms with Crippen LogP contribution < -0.4 is 5.32 Å². The maximum Gasteiger partial charge on any atom is 0.147 e. The third-order valence-electron chi connectivity index (χ3n) is 2.70. The molecular weight excluding hydrogens is 256 g/mol. The second kappa shape index (κ2) is 6.98. The van der Waals surface area contributed by atoms with E-state index >= 15 is 0 Å². The molecule has 0 amide bonds. The Morgan fingerprint density at radius 1 is 1.37 bits per heavy atom. The highest BCUT2D eigenvalue weighted by Gasteiger charge is 2.07. The van der Waals surface area contributed by atoms with Crippen molar-refractivity contribution >= 4 is 11.3 Å². The lowest BCUT2D eigenvalue weighted by atomic mass is 10.1. The van der Waals surface area contributed by atoms with E-state index in [1.54, 1.807) is 17.4 Å². The van der Waals surface area contributed by atoms with Gasteiger partial charge >= 0.3 is 0 Å². The first-order valence-corrected chi connectivity index (χ1v) is 7.18. The predicted molar refractivity (Wildman–Crippen MR) is 76.9 cm³/mol. The molecule has 0 bridgehead atoms. The number of nitrogens with zero attached hydrogens (tertiary/aromatic N) is 3. The quantitative estimate of drug-likeness (QED) is 0.821. The van der Waals surface area contributed by atoms with Crippen LogP contribution in [0.1, 0.15) is 23.9 Å². The average Bonchev–Trinajstić information content (AvgIpc) is 2.92. The lowest BCUT2D eigenvalue weighted by molar-refractivity contribution is 0.669. The number of aromatic nitrogens is 2. The Kier molecular flexibility index (Phi) is 5.01. The van der Waals surface area contributed by atoms with Gasteiger partial charge in [0.25, 0.3) is 0 Å². The van der Waals surface area contributed by atoms with Crippen LogP contribution in [0.5, 0.6) is 0 Å². The number of rotatable bonds is 6. The van der Waals surface area contributed by atoms with Crippen LogP contribution in [-0.4, -0.2) is 23.3 Å². The molecule has 0 radical (unpaired) electrons. The van der Waals surface area contributed by atoms with E-state index in [0.29, 0.717) is 5.56 Å². The third-order valence-corrected chi connectivity index (χ3v) is 3.73. The van der Waals surface area contributed by atoms with Crippen LogP contribution in [0.3, 0.4) is 0 Å². The maximum absolute atomic E-state index is 8.89. The molecule has 5 heteroatoms. The Labute approximate surface area is 117 Å². The van der Waals surface area contributed by atoms with E-state index in [1.807, 2.05) is 18.2 Å². The minimum absolute atomic E-state index is 0.654. The number of aryl methyl sites for hydroxylation is 1. The van der Waals surface area contributed by atoms with Gasteiger partial charge in [-0.1, -0.05) is 30.4 Å². The van der Waals surface area contributed by atoms with Crippen LogP contribution in [0.15, 0.2) is 24.3 Å². The van der Waals surface area contributed by atoms with E-state index in [0.717, 1.165) is 41.5 Å². The SMILES string of the molecule is CCNCCCc1nnc(-c2cccc(C#N)c2)s1. The zero-order chi connectivity index (χ0) is 13.5. The molecule has 1 aromatic carbocycles. The van der Waals surface area contributed by atoms with Crippen molar-refractivity contribution in [1.29, 1.82) is 5.26 Å². The largest absolute Gasteiger partial charge is 0.317 e. The van der Waals surface area contributed by atoms with Gasteiger partial charge < -0.3 is 5.32 Å². The molecule has 0 aliphatic rings. The van der Waals surface area contributed by atoms with Gasteiger partial charge in [-0.25, -0.2) is 0 Å². The summed E-state index contributed by atoms with van der Waals surface area (Å²) >= 11 is 1.60. The molecule has 0 aliphatic carbocycles. The van der Waals surface area contributed by atoms with Crippen LogP contribution in [0.4, 0.5) is 0 Å². The molecule has 2 rings (SSSR count). The van der Waals surface area contributed by atoms with Gasteiger partial charge in [-0.15, -0.1) is 10.2 Å². The highest BCUT2D eigenvalue weighted by molar-refractivity contribution is 7.14. The smallest absolute Gasteiger partial charge is 0.147 e. The molecule has 19 heavy (non-hydrogen) atoms. The van der Waals surface area contributed by atoms with E-state index in [1.165, 1.54) is 0 Å². The van der Waals surface area contributed by atoms with Crippen LogP contribution >= 0.6 is 11.3 Å². The summed E-state index contributed by atoms with van der Waals surface area (Å²) in [5, 5.41) is 22.5. The summed E-state index contributed by atoms with van der Waals surface area (Å²) in [4.78, 5) is 0. The van der Waals surface area contributed by atoms with Crippen LogP contribution in [0, 0.1) is 11.3 Å². The van der Waals surface area contributed by atoms with Crippen LogP contribution in [0.2, 0.25) is 0 Å². The fourth-order valence-electron chi connectivity index (χ4n) is 1.73. The van der Waals surface area contributed by atoms with Gasteiger partial charge in [0.05, 0.1) is 11.6 Å². The minimum atomic E-state index is 0.654. The molecule has 0 saturated carbocycles. The molecule has 2 aromatic rings. The van der Waals surface area contributed by atoms with E-state index in [4.69, 9.17) is 5.26 Å². The predicted octanol–water partition coefficient (Wildman–Crippen LogP) is 2.62. The molecular formula is C14H16N4S. The van der Waals surface area contributed by atoms with Crippen molar-refractivity contribution in [3.05, 3.63) is 34.8 Å². The summed E-state index contributed by atoms with van der Waals surface area (Å²) in [6.07, 6.45) is 2.02. The van der Waals surface area contributed by atoms with Gasteiger partial charge in [0.15, 0.2) is 0 Å². The standard InChI is InChI=1S/C14H16N4S/c1-2-16-8-4-7-13-17-18-14(19-13)12-6-3-5-11(9-12)10-15/h3,5-6,9,16H,2,4,7-8H2,1H3. The Morgan fingerprint density at radius 3 is 3.05 bits per heavy atom. The average molecular weight is 272 g/mol. The Bertz CT molecular complexity index is 571. The molecule has 0 fully saturated rings. The lowest BCUT2D eigenvalue weighted by Gasteiger charge is -1.98. The number of hydrogen-bond donors (Lipinski definition) is 1. The normalized spacial score (nSPS) is 10.3. The van der Waals surface area contributed by atoms with Gasteiger partial charge in [-0.3, -0.25) is 0 Å². The van der Waals surface area contributed by atoms with Gasteiger partial charge in [-0.2, -0.15) is 5.26 Å². The number of hydrogen-bond acceptors (Lipinski definition) is 5. The topological polar surface area (TPSA) is 61.6 Å². The van der Waals surface area contributed by atoms with Crippen molar-refractivity contribution in [2.75, 3.05) is 13.1 Å². The summed E-state index contributed by atoms with van der Waals surface area (Å²) < 4.78 is 0. The zero-order valence-corrected chi connectivity index (χ0v) is 11.7. The van der Waals surface area contributed by atoms with Gasteiger partial charge in [0.2, 0.25) is 0 Å². The minimum Gasteiger partial charge on any atom is -0.317 e. The van der Waals surface area contributed by atoms with Gasteiger partial charge in [0, 0.05) is 12.0 Å². The Hall–Kier alpha value is -1.77. The highest BCUT2D eigenvalue weighted by atomic mass is 32.1. The van der Waals surface area contributed by atoms with Crippen molar-refractivity contribution in [1.82, 2.24) is 15.5 Å². The summed E-state index contributed by atoms with van der Waals surface area (Å²) in [6.45, 7) is 4.11. The second-order valence-electron chi connectivity index (χ2n) is 4.15. The van der Waals surface area contributed by atoms with Gasteiger partial charge in [-0.05, 0) is 31.6 Å². The van der Waals surface area contributed by atoms with Crippen molar-refractivity contribution in [3.8, 4) is 16.6 Å². The molecule has 0 saturated heterocycles. The van der Waals surface area contributed by atoms with Crippen molar-refractivity contribution in [2.24, 2.45) is 0 Å². The van der Waals surface area contributed by atoms with E-state index in [9.17, 15) is 0 Å². The molecule has 0 spiro atoms. The first-order valence-electron chi connectivity index (χ1n) is 6.37. The molecule has 0 aliphatic heterocycles. The zero-order valence-electron chi connectivity index (χ0n) is 10.9. The van der Waals surface area contributed by atoms with E-state index in [-0.39, 0.29) is 0 Å². The number of nitrogens with one attached hydrogen (secondary N) is 1. The molecule has 98 valence electrons. The lowest BCUT2D eigenvalue weighted by Crippen LogP contribution is -2.14. The van der Waals surface area contributed by atoms with Gasteiger partial charge in [0.1, 0.15) is 10.0 Å². The number of nitriles is 1. The monoisotopic (exact) mass is 272 g/mol. The third kappa shape index (κ3) is 3.85. The maximum atomic E-state index is 8.89. The van der Waals surface area contributed by atoms with Crippen molar-refractivity contribution in [2.45, 2.75) is 19.8 Å². The van der Waals surface area contributed by atoms with E-state index in [2.05, 4.69) is 28.5 Å². The highest BCUT2D eigenvalue weighted by Crippen LogP contribution is 2.24. The molecule has 0 atom stereocenters. The Morgan fingerprint density at radius 2 is 2.26 bits per heavy atom. The molecule has 1 heterocycles. The molecule has 0 unspecified atom stereocenters. The first-order chi connectivity index (χ1) is 9.33. The Balaban J connectivity index is 2.02. The van der Waals surface area contributed by atoms with Crippen LogP contribution in [0.25, 0.3) is 10.6 Å². The number of benzene rings is 1. The fourth-order valence-corrected chi connectivity index (χ4v) is 2.61. The molecule has 4 nitrogen and oxygen atoms in total. The van der Waals surface area contributed by atoms with E-state index < -0.39 is 0 Å². The van der Waals surface area contributed by atoms with Crippen molar-refractivity contribution < 1.29 is 0 Å².